The molecule has 6 heteroatoms. The standard InChI is InChI=1S/C15H10Cl2N2O2/c16-10-5-7-11(8-6-10)20-9-14-18-15(19-21-14)12-3-1-2-4-13(12)17/h1-8H,9H2. The van der Waals surface area contributed by atoms with Gasteiger partial charge in [-0.05, 0) is 36.4 Å². The van der Waals surface area contributed by atoms with Gasteiger partial charge in [-0.2, -0.15) is 4.98 Å². The Kier molecular flexibility index (Phi) is 4.08. The molecule has 0 saturated heterocycles. The fourth-order valence-electron chi connectivity index (χ4n) is 1.74. The molecule has 0 aliphatic heterocycles. The van der Waals surface area contributed by atoms with Crippen molar-refractivity contribution in [3.05, 3.63) is 64.5 Å². The van der Waals surface area contributed by atoms with Crippen LogP contribution in [0, 0.1) is 0 Å². The summed E-state index contributed by atoms with van der Waals surface area (Å²) in [6, 6.07) is 14.4. The van der Waals surface area contributed by atoms with E-state index in [0.29, 0.717) is 27.5 Å². The lowest BCUT2D eigenvalue weighted by atomic mass is 10.2. The van der Waals surface area contributed by atoms with Crippen molar-refractivity contribution in [2.75, 3.05) is 0 Å². The Balaban J connectivity index is 1.71. The Labute approximate surface area is 131 Å². The molecule has 0 bridgehead atoms. The third kappa shape index (κ3) is 3.35. The molecule has 0 N–H and O–H groups in total. The highest BCUT2D eigenvalue weighted by atomic mass is 35.5. The van der Waals surface area contributed by atoms with Gasteiger partial charge in [-0.3, -0.25) is 0 Å². The summed E-state index contributed by atoms with van der Waals surface area (Å²) in [5, 5.41) is 5.13. The van der Waals surface area contributed by atoms with Crippen LogP contribution in [-0.2, 0) is 6.61 Å². The van der Waals surface area contributed by atoms with Gasteiger partial charge in [0.05, 0.1) is 5.02 Å². The van der Waals surface area contributed by atoms with Crippen molar-refractivity contribution < 1.29 is 9.26 Å². The molecule has 1 aromatic heterocycles. The van der Waals surface area contributed by atoms with Gasteiger partial charge in [0.25, 0.3) is 5.89 Å². The maximum atomic E-state index is 6.09. The highest BCUT2D eigenvalue weighted by Gasteiger charge is 2.11. The molecular weight excluding hydrogens is 311 g/mol. The van der Waals surface area contributed by atoms with Gasteiger partial charge >= 0.3 is 0 Å². The van der Waals surface area contributed by atoms with E-state index in [1.54, 1.807) is 30.3 Å². The Morgan fingerprint density at radius 3 is 2.52 bits per heavy atom. The lowest BCUT2D eigenvalue weighted by molar-refractivity contribution is 0.243. The maximum Gasteiger partial charge on any atom is 0.264 e. The molecule has 0 spiro atoms. The number of nitrogens with zero attached hydrogens (tertiary/aromatic N) is 2. The average molecular weight is 321 g/mol. The van der Waals surface area contributed by atoms with Gasteiger partial charge in [-0.15, -0.1) is 0 Å². The largest absolute Gasteiger partial charge is 0.484 e. The van der Waals surface area contributed by atoms with E-state index in [1.807, 2.05) is 18.2 Å². The van der Waals surface area contributed by atoms with Crippen LogP contribution in [0.25, 0.3) is 11.4 Å². The van der Waals surface area contributed by atoms with Gasteiger partial charge in [-0.25, -0.2) is 0 Å². The zero-order valence-electron chi connectivity index (χ0n) is 10.8. The van der Waals surface area contributed by atoms with Crippen LogP contribution in [0.15, 0.2) is 53.1 Å². The van der Waals surface area contributed by atoms with Crippen LogP contribution in [0.3, 0.4) is 0 Å². The predicted octanol–water partition coefficient (Wildman–Crippen LogP) is 4.62. The lowest BCUT2D eigenvalue weighted by Crippen LogP contribution is -1.95. The van der Waals surface area contributed by atoms with Crippen LogP contribution in [0.5, 0.6) is 5.75 Å². The highest BCUT2D eigenvalue weighted by Crippen LogP contribution is 2.25. The molecule has 4 nitrogen and oxygen atoms in total. The minimum Gasteiger partial charge on any atom is -0.484 e. The van der Waals surface area contributed by atoms with Crippen molar-refractivity contribution in [3.8, 4) is 17.1 Å². The van der Waals surface area contributed by atoms with Gasteiger partial charge in [0, 0.05) is 10.6 Å². The van der Waals surface area contributed by atoms with Crippen LogP contribution in [0.2, 0.25) is 10.0 Å². The second kappa shape index (κ2) is 6.16. The van der Waals surface area contributed by atoms with Crippen molar-refractivity contribution in [1.82, 2.24) is 10.1 Å². The third-order valence-corrected chi connectivity index (χ3v) is 3.34. The summed E-state index contributed by atoms with van der Waals surface area (Å²) in [7, 11) is 0. The second-order valence-electron chi connectivity index (χ2n) is 4.23. The molecule has 0 aliphatic carbocycles. The first-order valence-electron chi connectivity index (χ1n) is 6.18. The summed E-state index contributed by atoms with van der Waals surface area (Å²) in [5.74, 6) is 1.49. The molecular formula is C15H10Cl2N2O2. The molecule has 2 aromatic carbocycles. The van der Waals surface area contributed by atoms with E-state index in [4.69, 9.17) is 32.5 Å². The first-order valence-corrected chi connectivity index (χ1v) is 6.94. The van der Waals surface area contributed by atoms with Gasteiger partial charge in [-0.1, -0.05) is 40.5 Å². The normalized spacial score (nSPS) is 10.6. The van der Waals surface area contributed by atoms with Crippen LogP contribution < -0.4 is 4.74 Å². The molecule has 1 heterocycles. The van der Waals surface area contributed by atoms with E-state index in [0.717, 1.165) is 5.56 Å². The fraction of sp³-hybridized carbons (Fsp3) is 0.0667. The van der Waals surface area contributed by atoms with Gasteiger partial charge < -0.3 is 9.26 Å². The lowest BCUT2D eigenvalue weighted by Gasteiger charge is -2.02. The first kappa shape index (κ1) is 13.9. The van der Waals surface area contributed by atoms with E-state index >= 15 is 0 Å². The number of halogens is 2. The molecule has 0 amide bonds. The molecule has 0 atom stereocenters. The smallest absolute Gasteiger partial charge is 0.264 e. The van der Waals surface area contributed by atoms with E-state index in [2.05, 4.69) is 10.1 Å². The molecule has 0 unspecified atom stereocenters. The zero-order chi connectivity index (χ0) is 14.7. The predicted molar refractivity (Wildman–Crippen MR) is 80.5 cm³/mol. The van der Waals surface area contributed by atoms with Crippen LogP contribution in [-0.4, -0.2) is 10.1 Å². The Hall–Kier alpha value is -2.04. The zero-order valence-corrected chi connectivity index (χ0v) is 12.3. The summed E-state index contributed by atoms with van der Waals surface area (Å²) in [4.78, 5) is 4.26. The minimum atomic E-state index is 0.180. The monoisotopic (exact) mass is 320 g/mol. The van der Waals surface area contributed by atoms with Crippen molar-refractivity contribution >= 4 is 23.2 Å². The number of hydrogen-bond donors (Lipinski definition) is 0. The van der Waals surface area contributed by atoms with Crippen LogP contribution in [0.4, 0.5) is 0 Å². The second-order valence-corrected chi connectivity index (χ2v) is 5.08. The average Bonchev–Trinajstić information content (AvgIpc) is 2.96. The van der Waals surface area contributed by atoms with Gasteiger partial charge in [0.2, 0.25) is 5.82 Å². The van der Waals surface area contributed by atoms with E-state index in [-0.39, 0.29) is 6.61 Å². The SMILES string of the molecule is Clc1ccc(OCc2nc(-c3ccccc3Cl)no2)cc1. The molecule has 0 radical (unpaired) electrons. The van der Waals surface area contributed by atoms with Gasteiger partial charge in [0.1, 0.15) is 5.75 Å². The summed E-state index contributed by atoms with van der Waals surface area (Å²) in [5.41, 5.74) is 0.723. The summed E-state index contributed by atoms with van der Waals surface area (Å²) < 4.78 is 10.7. The Bertz CT molecular complexity index is 741. The van der Waals surface area contributed by atoms with Crippen LogP contribution >= 0.6 is 23.2 Å². The summed E-state index contributed by atoms with van der Waals surface area (Å²) in [6.45, 7) is 0.180. The number of ether oxygens (including phenoxy) is 1. The molecule has 0 fully saturated rings. The van der Waals surface area contributed by atoms with Crippen molar-refractivity contribution in [3.63, 3.8) is 0 Å². The van der Waals surface area contributed by atoms with Crippen LogP contribution in [0.1, 0.15) is 5.89 Å². The Morgan fingerprint density at radius 1 is 1.00 bits per heavy atom. The third-order valence-electron chi connectivity index (χ3n) is 2.76. The maximum absolute atomic E-state index is 6.09. The molecule has 21 heavy (non-hydrogen) atoms. The number of hydrogen-bond acceptors (Lipinski definition) is 4. The summed E-state index contributed by atoms with van der Waals surface area (Å²) >= 11 is 11.9. The molecule has 0 saturated carbocycles. The quantitative estimate of drug-likeness (QED) is 0.703. The molecule has 0 aliphatic rings. The fourth-order valence-corrected chi connectivity index (χ4v) is 2.09. The van der Waals surface area contributed by atoms with Crippen molar-refractivity contribution in [1.29, 1.82) is 0 Å². The van der Waals surface area contributed by atoms with Crippen molar-refractivity contribution in [2.45, 2.75) is 6.61 Å². The van der Waals surface area contributed by atoms with E-state index in [9.17, 15) is 0 Å². The number of rotatable bonds is 4. The molecule has 3 rings (SSSR count). The molecule has 3 aromatic rings. The Morgan fingerprint density at radius 2 is 1.76 bits per heavy atom. The molecule has 106 valence electrons. The van der Waals surface area contributed by atoms with E-state index in [1.165, 1.54) is 0 Å². The minimum absolute atomic E-state index is 0.180. The summed E-state index contributed by atoms with van der Waals surface area (Å²) in [6.07, 6.45) is 0. The van der Waals surface area contributed by atoms with Gasteiger partial charge in [0.15, 0.2) is 6.61 Å². The number of benzene rings is 2. The first-order chi connectivity index (χ1) is 10.2. The number of aromatic nitrogens is 2. The van der Waals surface area contributed by atoms with E-state index < -0.39 is 0 Å². The van der Waals surface area contributed by atoms with Crippen molar-refractivity contribution in [2.24, 2.45) is 0 Å². The topological polar surface area (TPSA) is 48.2 Å². The highest BCUT2D eigenvalue weighted by molar-refractivity contribution is 6.33.